The van der Waals surface area contributed by atoms with Crippen molar-refractivity contribution in [2.75, 3.05) is 24.2 Å². The second kappa shape index (κ2) is 13.1. The number of hydrogen-bond donors (Lipinski definition) is 1. The Kier molecular flexibility index (Phi) is 10.6. The minimum atomic E-state index is -3.51. The number of methoxy groups -OCH3 is 1. The molecule has 0 fully saturated rings. The Morgan fingerprint density at radius 1 is 1.06 bits per heavy atom. The SMILES string of the molecule is CCC(C(=O)NC(C)C)N(Cc1cccc(OC)c1)C(=O)CCCN(c1ccccc1)S(C)(=O)=O. The fraction of sp³-hybridized carbons (Fsp3) is 0.462. The van der Waals surface area contributed by atoms with Crippen LogP contribution in [-0.4, -0.2) is 57.1 Å². The lowest BCUT2D eigenvalue weighted by molar-refractivity contribution is -0.141. The zero-order valence-electron chi connectivity index (χ0n) is 21.2. The van der Waals surface area contributed by atoms with Gasteiger partial charge < -0.3 is 15.0 Å². The largest absolute Gasteiger partial charge is 0.497 e. The topological polar surface area (TPSA) is 96.0 Å². The third-order valence-electron chi connectivity index (χ3n) is 5.50. The van der Waals surface area contributed by atoms with Crippen molar-refractivity contribution in [3.63, 3.8) is 0 Å². The van der Waals surface area contributed by atoms with E-state index in [9.17, 15) is 18.0 Å². The molecule has 2 amide bonds. The summed E-state index contributed by atoms with van der Waals surface area (Å²) in [5, 5.41) is 2.91. The first-order valence-electron chi connectivity index (χ1n) is 11.8. The first kappa shape index (κ1) is 28.2. The van der Waals surface area contributed by atoms with Crippen LogP contribution in [0.5, 0.6) is 5.75 Å². The van der Waals surface area contributed by atoms with Gasteiger partial charge in [0.1, 0.15) is 11.8 Å². The van der Waals surface area contributed by atoms with Crippen molar-refractivity contribution in [3.8, 4) is 5.75 Å². The Balaban J connectivity index is 2.22. The number of para-hydroxylation sites is 1. The fourth-order valence-corrected chi connectivity index (χ4v) is 4.83. The highest BCUT2D eigenvalue weighted by atomic mass is 32.2. The summed E-state index contributed by atoms with van der Waals surface area (Å²) < 4.78 is 31.3. The van der Waals surface area contributed by atoms with Gasteiger partial charge in [-0.15, -0.1) is 0 Å². The Morgan fingerprint density at radius 3 is 2.31 bits per heavy atom. The molecule has 2 aromatic rings. The van der Waals surface area contributed by atoms with Gasteiger partial charge in [0.05, 0.1) is 19.1 Å². The lowest BCUT2D eigenvalue weighted by Crippen LogP contribution is -2.50. The third-order valence-corrected chi connectivity index (χ3v) is 6.69. The van der Waals surface area contributed by atoms with E-state index in [-0.39, 0.29) is 37.4 Å². The van der Waals surface area contributed by atoms with E-state index in [4.69, 9.17) is 4.74 Å². The number of benzene rings is 2. The zero-order valence-corrected chi connectivity index (χ0v) is 22.0. The van der Waals surface area contributed by atoms with Crippen LogP contribution < -0.4 is 14.4 Å². The molecule has 35 heavy (non-hydrogen) atoms. The number of ether oxygens (including phenoxy) is 1. The molecule has 0 heterocycles. The Labute approximate surface area is 209 Å². The molecule has 8 nitrogen and oxygen atoms in total. The molecule has 0 radical (unpaired) electrons. The number of carbonyl (C=O) groups is 2. The second-order valence-electron chi connectivity index (χ2n) is 8.73. The van der Waals surface area contributed by atoms with Crippen LogP contribution >= 0.6 is 0 Å². The summed E-state index contributed by atoms with van der Waals surface area (Å²) in [5.41, 5.74) is 1.40. The highest BCUT2D eigenvalue weighted by molar-refractivity contribution is 7.92. The fourth-order valence-electron chi connectivity index (χ4n) is 3.87. The summed E-state index contributed by atoms with van der Waals surface area (Å²) in [6.45, 7) is 6.03. The van der Waals surface area contributed by atoms with Gasteiger partial charge in [-0.25, -0.2) is 8.42 Å². The van der Waals surface area contributed by atoms with Crippen LogP contribution in [0.3, 0.4) is 0 Å². The molecule has 0 aromatic heterocycles. The normalized spacial score (nSPS) is 12.2. The zero-order chi connectivity index (χ0) is 26.0. The van der Waals surface area contributed by atoms with Crippen molar-refractivity contribution >= 4 is 27.5 Å². The average Bonchev–Trinajstić information content (AvgIpc) is 2.81. The smallest absolute Gasteiger partial charge is 0.243 e. The van der Waals surface area contributed by atoms with Gasteiger partial charge in [-0.05, 0) is 56.5 Å². The maximum absolute atomic E-state index is 13.4. The molecule has 2 aromatic carbocycles. The van der Waals surface area contributed by atoms with Crippen molar-refractivity contribution in [1.82, 2.24) is 10.2 Å². The highest BCUT2D eigenvalue weighted by Gasteiger charge is 2.29. The van der Waals surface area contributed by atoms with Gasteiger partial charge in [0.15, 0.2) is 0 Å². The Bertz CT molecular complexity index is 1070. The van der Waals surface area contributed by atoms with E-state index >= 15 is 0 Å². The number of nitrogens with zero attached hydrogens (tertiary/aromatic N) is 2. The van der Waals surface area contributed by atoms with Crippen LogP contribution in [0.2, 0.25) is 0 Å². The van der Waals surface area contributed by atoms with Gasteiger partial charge >= 0.3 is 0 Å². The molecule has 0 saturated heterocycles. The minimum Gasteiger partial charge on any atom is -0.497 e. The molecular weight excluding hydrogens is 466 g/mol. The van der Waals surface area contributed by atoms with Gasteiger partial charge in [-0.2, -0.15) is 0 Å². The molecule has 0 saturated carbocycles. The number of amides is 2. The van der Waals surface area contributed by atoms with Crippen LogP contribution in [0.15, 0.2) is 54.6 Å². The van der Waals surface area contributed by atoms with Gasteiger partial charge in [-0.3, -0.25) is 13.9 Å². The van der Waals surface area contributed by atoms with Crippen LogP contribution in [-0.2, 0) is 26.2 Å². The average molecular weight is 504 g/mol. The predicted octanol–water partition coefficient (Wildman–Crippen LogP) is 3.57. The van der Waals surface area contributed by atoms with Gasteiger partial charge in [0, 0.05) is 25.6 Å². The van der Waals surface area contributed by atoms with E-state index in [0.717, 1.165) is 11.8 Å². The molecular formula is C26H37N3O5S. The lowest BCUT2D eigenvalue weighted by atomic mass is 10.1. The molecule has 1 unspecified atom stereocenters. The van der Waals surface area contributed by atoms with E-state index in [1.807, 2.05) is 51.1 Å². The summed E-state index contributed by atoms with van der Waals surface area (Å²) >= 11 is 0. The summed E-state index contributed by atoms with van der Waals surface area (Å²) in [4.78, 5) is 27.9. The maximum atomic E-state index is 13.4. The molecule has 192 valence electrons. The van der Waals surface area contributed by atoms with Crippen LogP contribution in [0, 0.1) is 0 Å². The molecule has 9 heteroatoms. The van der Waals surface area contributed by atoms with E-state index in [0.29, 0.717) is 24.3 Å². The number of rotatable bonds is 13. The lowest BCUT2D eigenvalue weighted by Gasteiger charge is -2.31. The van der Waals surface area contributed by atoms with Crippen LogP contribution in [0.4, 0.5) is 5.69 Å². The molecule has 1 atom stereocenters. The summed E-state index contributed by atoms with van der Waals surface area (Å²) in [6.07, 6.45) is 2.03. The first-order valence-corrected chi connectivity index (χ1v) is 13.7. The first-order chi connectivity index (χ1) is 16.6. The monoisotopic (exact) mass is 503 g/mol. The summed E-state index contributed by atoms with van der Waals surface area (Å²) in [7, 11) is -1.93. The molecule has 0 aliphatic heterocycles. The second-order valence-corrected chi connectivity index (χ2v) is 10.6. The minimum absolute atomic E-state index is 0.0560. The van der Waals surface area contributed by atoms with E-state index in [2.05, 4.69) is 5.32 Å². The van der Waals surface area contributed by atoms with Crippen LogP contribution in [0.25, 0.3) is 0 Å². The van der Waals surface area contributed by atoms with E-state index in [1.54, 1.807) is 36.3 Å². The van der Waals surface area contributed by atoms with Gasteiger partial charge in [0.25, 0.3) is 0 Å². The number of hydrogen-bond acceptors (Lipinski definition) is 5. The molecule has 0 aliphatic carbocycles. The summed E-state index contributed by atoms with van der Waals surface area (Å²) in [5.74, 6) is 0.252. The molecule has 0 spiro atoms. The molecule has 1 N–H and O–H groups in total. The Morgan fingerprint density at radius 2 is 1.74 bits per heavy atom. The van der Waals surface area contributed by atoms with Gasteiger partial charge in [-0.1, -0.05) is 37.3 Å². The maximum Gasteiger partial charge on any atom is 0.243 e. The van der Waals surface area contributed by atoms with Gasteiger partial charge in [0.2, 0.25) is 21.8 Å². The van der Waals surface area contributed by atoms with Crippen molar-refractivity contribution in [3.05, 3.63) is 60.2 Å². The number of sulfonamides is 1. The van der Waals surface area contributed by atoms with E-state index in [1.165, 1.54) is 4.31 Å². The predicted molar refractivity (Wildman–Crippen MR) is 139 cm³/mol. The van der Waals surface area contributed by atoms with Crippen molar-refractivity contribution < 1.29 is 22.7 Å². The van der Waals surface area contributed by atoms with Crippen molar-refractivity contribution in [1.29, 1.82) is 0 Å². The van der Waals surface area contributed by atoms with E-state index < -0.39 is 16.1 Å². The Hall–Kier alpha value is -3.07. The van der Waals surface area contributed by atoms with Crippen molar-refractivity contribution in [2.45, 2.75) is 58.7 Å². The number of anilines is 1. The highest BCUT2D eigenvalue weighted by Crippen LogP contribution is 2.20. The number of carbonyl (C=O) groups excluding carboxylic acids is 2. The molecule has 0 bridgehead atoms. The molecule has 0 aliphatic rings. The molecule has 2 rings (SSSR count). The quantitative estimate of drug-likeness (QED) is 0.451. The third kappa shape index (κ3) is 8.58. The number of nitrogens with one attached hydrogen (secondary N) is 1. The van der Waals surface area contributed by atoms with Crippen LogP contribution in [0.1, 0.15) is 45.6 Å². The standard InChI is InChI=1S/C26H37N3O5S/c1-6-24(26(31)27-20(2)3)28(19-21-12-10-15-23(18-21)34-4)25(30)16-11-17-29(35(5,32)33)22-13-8-7-9-14-22/h7-10,12-15,18,20,24H,6,11,16-17,19H2,1-5H3,(H,27,31). The summed E-state index contributed by atoms with van der Waals surface area (Å²) in [6, 6.07) is 15.5. The van der Waals surface area contributed by atoms with Crippen molar-refractivity contribution in [2.24, 2.45) is 0 Å².